The van der Waals surface area contributed by atoms with Crippen LogP contribution < -0.4 is 5.32 Å². The average Bonchev–Trinajstić information content (AvgIpc) is 2.69. The second-order valence-corrected chi connectivity index (χ2v) is 6.08. The second-order valence-electron chi connectivity index (χ2n) is 6.08. The lowest BCUT2D eigenvalue weighted by atomic mass is 9.94. The Bertz CT molecular complexity index is 452. The number of nitrogens with zero attached hydrogens (tertiary/aromatic N) is 1. The van der Waals surface area contributed by atoms with Crippen LogP contribution >= 0.6 is 0 Å². The van der Waals surface area contributed by atoms with Crippen LogP contribution in [0.4, 0.5) is 18.9 Å². The van der Waals surface area contributed by atoms with Gasteiger partial charge in [0.05, 0.1) is 5.92 Å². The highest BCUT2D eigenvalue weighted by molar-refractivity contribution is 5.52. The zero-order valence-corrected chi connectivity index (χ0v) is 12.0. The number of para-hydroxylation sites is 1. The monoisotopic (exact) mass is 298 g/mol. The van der Waals surface area contributed by atoms with Crippen LogP contribution in [0.25, 0.3) is 0 Å². The van der Waals surface area contributed by atoms with E-state index >= 15 is 0 Å². The minimum absolute atomic E-state index is 0.243. The highest BCUT2D eigenvalue weighted by Gasteiger charge is 2.41. The summed E-state index contributed by atoms with van der Waals surface area (Å²) in [5.74, 6) is -1.11. The molecule has 0 aromatic heterocycles. The lowest BCUT2D eigenvalue weighted by Crippen LogP contribution is -2.46. The summed E-state index contributed by atoms with van der Waals surface area (Å²) >= 11 is 0. The first kappa shape index (κ1) is 14.7. The topological polar surface area (TPSA) is 15.3 Å². The maximum absolute atomic E-state index is 12.7. The Morgan fingerprint density at radius 1 is 1.05 bits per heavy atom. The quantitative estimate of drug-likeness (QED) is 0.850. The number of alkyl halides is 3. The molecule has 0 saturated carbocycles. The van der Waals surface area contributed by atoms with Crippen molar-refractivity contribution >= 4 is 5.69 Å². The van der Waals surface area contributed by atoms with E-state index in [-0.39, 0.29) is 12.8 Å². The fourth-order valence-electron chi connectivity index (χ4n) is 3.47. The molecule has 1 aromatic carbocycles. The van der Waals surface area contributed by atoms with Crippen molar-refractivity contribution in [3.05, 3.63) is 29.8 Å². The second kappa shape index (κ2) is 5.87. The van der Waals surface area contributed by atoms with Crippen LogP contribution in [0.2, 0.25) is 0 Å². The van der Waals surface area contributed by atoms with E-state index in [0.717, 1.165) is 19.4 Å². The number of rotatable bonds is 1. The number of fused-ring (bicyclic) bond motifs is 1. The third-order valence-electron chi connectivity index (χ3n) is 4.80. The van der Waals surface area contributed by atoms with E-state index in [1.165, 1.54) is 11.3 Å². The molecule has 1 saturated heterocycles. The number of nitrogens with one attached hydrogen (secondary N) is 1. The largest absolute Gasteiger partial charge is 0.391 e. The summed E-state index contributed by atoms with van der Waals surface area (Å²) in [5, 5.41) is 3.45. The molecule has 1 atom stereocenters. The summed E-state index contributed by atoms with van der Waals surface area (Å²) in [6.07, 6.45) is -1.53. The highest BCUT2D eigenvalue weighted by Crippen LogP contribution is 2.35. The van der Waals surface area contributed by atoms with Gasteiger partial charge in [-0.25, -0.2) is 0 Å². The predicted octanol–water partition coefficient (Wildman–Crippen LogP) is 3.69. The summed E-state index contributed by atoms with van der Waals surface area (Å²) in [4.78, 5) is 2.24. The standard InChI is InChI=1S/C16H21F3N2/c17-16(18,19)13-7-9-21(10-8-13)14-6-5-12-3-1-2-4-15(12)20-11-14/h1-4,13-14,20H,5-11H2. The molecule has 1 fully saturated rings. The van der Waals surface area contributed by atoms with Crippen LogP contribution in [0.1, 0.15) is 24.8 Å². The maximum Gasteiger partial charge on any atom is 0.391 e. The Balaban J connectivity index is 1.58. The van der Waals surface area contributed by atoms with Crippen molar-refractivity contribution in [3.63, 3.8) is 0 Å². The Labute approximate surface area is 123 Å². The molecule has 2 aliphatic heterocycles. The Morgan fingerprint density at radius 3 is 2.48 bits per heavy atom. The molecule has 3 rings (SSSR count). The summed E-state index contributed by atoms with van der Waals surface area (Å²) in [6, 6.07) is 8.59. The molecule has 0 aliphatic carbocycles. The molecule has 2 heterocycles. The average molecular weight is 298 g/mol. The number of hydrogen-bond acceptors (Lipinski definition) is 2. The number of likely N-dealkylation sites (tertiary alicyclic amines) is 1. The number of halogens is 3. The normalized spacial score (nSPS) is 25.0. The lowest BCUT2D eigenvalue weighted by Gasteiger charge is -2.37. The smallest absolute Gasteiger partial charge is 0.383 e. The van der Waals surface area contributed by atoms with Crippen LogP contribution in [0, 0.1) is 5.92 Å². The van der Waals surface area contributed by atoms with Crippen LogP contribution in [0.3, 0.4) is 0 Å². The third-order valence-corrected chi connectivity index (χ3v) is 4.80. The van der Waals surface area contributed by atoms with E-state index in [1.807, 2.05) is 12.1 Å². The molecular formula is C16H21F3N2. The number of aryl methyl sites for hydroxylation is 1. The molecule has 1 N–H and O–H groups in total. The van der Waals surface area contributed by atoms with E-state index < -0.39 is 12.1 Å². The van der Waals surface area contributed by atoms with Crippen molar-refractivity contribution in [3.8, 4) is 0 Å². The van der Waals surface area contributed by atoms with E-state index in [0.29, 0.717) is 19.1 Å². The Kier molecular flexibility index (Phi) is 4.11. The van der Waals surface area contributed by atoms with Gasteiger partial charge >= 0.3 is 6.18 Å². The molecule has 5 heteroatoms. The van der Waals surface area contributed by atoms with E-state index in [4.69, 9.17) is 0 Å². The minimum Gasteiger partial charge on any atom is -0.383 e. The van der Waals surface area contributed by atoms with Crippen molar-refractivity contribution in [2.45, 2.75) is 37.9 Å². The molecule has 0 spiro atoms. The van der Waals surface area contributed by atoms with Gasteiger partial charge in [0, 0.05) is 18.3 Å². The Hall–Kier alpha value is -1.23. The number of anilines is 1. The molecule has 2 aliphatic rings. The van der Waals surface area contributed by atoms with Gasteiger partial charge < -0.3 is 5.32 Å². The van der Waals surface area contributed by atoms with Gasteiger partial charge in [0.15, 0.2) is 0 Å². The van der Waals surface area contributed by atoms with Gasteiger partial charge in [-0.15, -0.1) is 0 Å². The van der Waals surface area contributed by atoms with Crippen molar-refractivity contribution in [2.24, 2.45) is 5.92 Å². The summed E-state index contributed by atoms with van der Waals surface area (Å²) < 4.78 is 38.2. The molecule has 116 valence electrons. The molecular weight excluding hydrogens is 277 g/mol. The molecule has 0 amide bonds. The summed E-state index contributed by atoms with van der Waals surface area (Å²) in [5.41, 5.74) is 2.48. The summed E-state index contributed by atoms with van der Waals surface area (Å²) in [7, 11) is 0. The fraction of sp³-hybridized carbons (Fsp3) is 0.625. The lowest BCUT2D eigenvalue weighted by molar-refractivity contribution is -0.186. The van der Waals surface area contributed by atoms with Gasteiger partial charge in [-0.3, -0.25) is 4.90 Å². The Morgan fingerprint density at radius 2 is 1.76 bits per heavy atom. The highest BCUT2D eigenvalue weighted by atomic mass is 19.4. The van der Waals surface area contributed by atoms with Gasteiger partial charge in [-0.2, -0.15) is 13.2 Å². The number of piperidine rings is 1. The van der Waals surface area contributed by atoms with E-state index in [1.54, 1.807) is 0 Å². The fourth-order valence-corrected chi connectivity index (χ4v) is 3.47. The SMILES string of the molecule is FC(F)(F)C1CCN(C2CCc3ccccc3NC2)CC1. The predicted molar refractivity (Wildman–Crippen MR) is 77.4 cm³/mol. The number of hydrogen-bond donors (Lipinski definition) is 1. The minimum atomic E-state index is -4.02. The first-order valence-corrected chi connectivity index (χ1v) is 7.66. The van der Waals surface area contributed by atoms with E-state index in [9.17, 15) is 13.2 Å². The van der Waals surface area contributed by atoms with Crippen molar-refractivity contribution in [1.29, 1.82) is 0 Å². The van der Waals surface area contributed by atoms with Gasteiger partial charge in [0.25, 0.3) is 0 Å². The van der Waals surface area contributed by atoms with Gasteiger partial charge in [0.1, 0.15) is 0 Å². The van der Waals surface area contributed by atoms with Crippen molar-refractivity contribution in [2.75, 3.05) is 25.0 Å². The van der Waals surface area contributed by atoms with Gasteiger partial charge in [-0.05, 0) is 50.4 Å². The van der Waals surface area contributed by atoms with Gasteiger partial charge in [-0.1, -0.05) is 18.2 Å². The van der Waals surface area contributed by atoms with Crippen LogP contribution in [0.5, 0.6) is 0 Å². The maximum atomic E-state index is 12.7. The van der Waals surface area contributed by atoms with Crippen LogP contribution in [-0.2, 0) is 6.42 Å². The molecule has 1 aromatic rings. The number of benzene rings is 1. The van der Waals surface area contributed by atoms with Crippen LogP contribution in [0.15, 0.2) is 24.3 Å². The van der Waals surface area contributed by atoms with E-state index in [2.05, 4.69) is 22.3 Å². The molecule has 0 radical (unpaired) electrons. The first-order chi connectivity index (χ1) is 10.0. The molecule has 2 nitrogen and oxygen atoms in total. The zero-order chi connectivity index (χ0) is 14.9. The molecule has 0 bridgehead atoms. The zero-order valence-electron chi connectivity index (χ0n) is 12.0. The van der Waals surface area contributed by atoms with Crippen molar-refractivity contribution < 1.29 is 13.2 Å². The summed E-state index contributed by atoms with van der Waals surface area (Å²) in [6.45, 7) is 1.95. The van der Waals surface area contributed by atoms with Crippen molar-refractivity contribution in [1.82, 2.24) is 4.90 Å². The first-order valence-electron chi connectivity index (χ1n) is 7.66. The van der Waals surface area contributed by atoms with Crippen LogP contribution in [-0.4, -0.2) is 36.8 Å². The molecule has 21 heavy (non-hydrogen) atoms. The van der Waals surface area contributed by atoms with Gasteiger partial charge in [0.2, 0.25) is 0 Å². The molecule has 1 unspecified atom stereocenters. The third kappa shape index (κ3) is 3.34.